The highest BCUT2D eigenvalue weighted by Crippen LogP contribution is 2.00. The average molecular weight is 143 g/mol. The fourth-order valence-electron chi connectivity index (χ4n) is 0.682. The van der Waals surface area contributed by atoms with E-state index < -0.39 is 0 Å². The van der Waals surface area contributed by atoms with Gasteiger partial charge in [0.2, 0.25) is 0 Å². The first kappa shape index (κ1) is 9.66. The molecule has 0 aromatic carbocycles. The van der Waals surface area contributed by atoms with Gasteiger partial charge in [-0.05, 0) is 33.5 Å². The lowest BCUT2D eigenvalue weighted by molar-refractivity contribution is 0.168. The van der Waals surface area contributed by atoms with Crippen molar-refractivity contribution >= 4 is 0 Å². The van der Waals surface area contributed by atoms with Crippen LogP contribution in [0.15, 0.2) is 11.6 Å². The molecular weight excluding hydrogens is 126 g/mol. The zero-order valence-electron chi connectivity index (χ0n) is 7.26. The van der Waals surface area contributed by atoms with Crippen molar-refractivity contribution in [3.8, 4) is 0 Å². The summed E-state index contributed by atoms with van der Waals surface area (Å²) in [4.78, 5) is 1.97. The molecule has 0 aliphatic rings. The molecule has 0 spiro atoms. The molecule has 0 bridgehead atoms. The third kappa shape index (κ3) is 3.64. The maximum atomic E-state index is 9.38. The lowest BCUT2D eigenvalue weighted by atomic mass is 10.1. The van der Waals surface area contributed by atoms with Crippen LogP contribution in [0, 0.1) is 0 Å². The molecule has 0 aliphatic heterocycles. The van der Waals surface area contributed by atoms with Crippen LogP contribution in [0.1, 0.15) is 13.8 Å². The molecule has 0 aliphatic carbocycles. The van der Waals surface area contributed by atoms with E-state index in [1.54, 1.807) is 0 Å². The quantitative estimate of drug-likeness (QED) is 0.593. The van der Waals surface area contributed by atoms with Crippen LogP contribution < -0.4 is 0 Å². The van der Waals surface area contributed by atoms with E-state index in [1.807, 2.05) is 38.9 Å². The maximum Gasteiger partial charge on any atom is 0.0873 e. The summed E-state index contributed by atoms with van der Waals surface area (Å²) in [6, 6.07) is 0. The van der Waals surface area contributed by atoms with E-state index in [4.69, 9.17) is 0 Å². The summed E-state index contributed by atoms with van der Waals surface area (Å²) in [5.74, 6) is 0. The monoisotopic (exact) mass is 143 g/mol. The Balaban J connectivity index is 3.73. The van der Waals surface area contributed by atoms with Crippen LogP contribution in [-0.2, 0) is 0 Å². The number of aliphatic hydroxyl groups excluding tert-OH is 1. The Bertz CT molecular complexity index is 118. The molecule has 2 nitrogen and oxygen atoms in total. The number of hydrogen-bond donors (Lipinski definition) is 1. The second-order valence-electron chi connectivity index (χ2n) is 2.81. The zero-order chi connectivity index (χ0) is 8.15. The SMILES string of the molecule is C/C=C(\C)[C@@H](O)CN(C)C. The molecule has 0 saturated heterocycles. The molecule has 0 radical (unpaired) electrons. The van der Waals surface area contributed by atoms with Crippen molar-refractivity contribution in [1.82, 2.24) is 4.90 Å². The molecule has 1 atom stereocenters. The van der Waals surface area contributed by atoms with Crippen LogP contribution in [-0.4, -0.2) is 36.8 Å². The second-order valence-corrected chi connectivity index (χ2v) is 2.81. The molecule has 2 heteroatoms. The minimum absolute atomic E-state index is 0.306. The molecular formula is C8H17NO. The summed E-state index contributed by atoms with van der Waals surface area (Å²) in [6.45, 7) is 4.58. The van der Waals surface area contributed by atoms with Crippen molar-refractivity contribution in [2.75, 3.05) is 20.6 Å². The molecule has 0 aromatic rings. The van der Waals surface area contributed by atoms with Crippen LogP contribution in [0.2, 0.25) is 0 Å². The normalized spacial score (nSPS) is 16.0. The molecule has 0 saturated carbocycles. The Morgan fingerprint density at radius 1 is 1.60 bits per heavy atom. The van der Waals surface area contributed by atoms with Crippen molar-refractivity contribution in [1.29, 1.82) is 0 Å². The summed E-state index contributed by atoms with van der Waals surface area (Å²) < 4.78 is 0. The van der Waals surface area contributed by atoms with Gasteiger partial charge < -0.3 is 10.0 Å². The van der Waals surface area contributed by atoms with Gasteiger partial charge in [-0.1, -0.05) is 6.08 Å². The van der Waals surface area contributed by atoms with Crippen LogP contribution in [0.25, 0.3) is 0 Å². The van der Waals surface area contributed by atoms with E-state index in [1.165, 1.54) is 0 Å². The van der Waals surface area contributed by atoms with Gasteiger partial charge in [-0.3, -0.25) is 0 Å². The molecule has 1 N–H and O–H groups in total. The predicted molar refractivity (Wildman–Crippen MR) is 44.0 cm³/mol. The number of aliphatic hydroxyl groups is 1. The molecule has 0 rings (SSSR count). The van der Waals surface area contributed by atoms with Crippen LogP contribution in [0.5, 0.6) is 0 Å². The van der Waals surface area contributed by atoms with Crippen molar-refractivity contribution in [2.45, 2.75) is 20.0 Å². The highest BCUT2D eigenvalue weighted by Gasteiger charge is 2.05. The third-order valence-electron chi connectivity index (χ3n) is 1.52. The van der Waals surface area contributed by atoms with Gasteiger partial charge >= 0.3 is 0 Å². The molecule has 60 valence electrons. The first-order valence-corrected chi connectivity index (χ1v) is 3.53. The fraction of sp³-hybridized carbons (Fsp3) is 0.750. The molecule has 0 heterocycles. The van der Waals surface area contributed by atoms with Crippen molar-refractivity contribution in [2.24, 2.45) is 0 Å². The minimum Gasteiger partial charge on any atom is -0.387 e. The highest BCUT2D eigenvalue weighted by atomic mass is 16.3. The number of allylic oxidation sites excluding steroid dienone is 1. The third-order valence-corrected chi connectivity index (χ3v) is 1.52. The van der Waals surface area contributed by atoms with Crippen LogP contribution >= 0.6 is 0 Å². The van der Waals surface area contributed by atoms with Crippen molar-refractivity contribution in [3.05, 3.63) is 11.6 Å². The van der Waals surface area contributed by atoms with Gasteiger partial charge in [-0.25, -0.2) is 0 Å². The Morgan fingerprint density at radius 3 is 2.40 bits per heavy atom. The standard InChI is InChI=1S/C8H17NO/c1-5-7(2)8(10)6-9(3)4/h5,8,10H,6H2,1-4H3/b7-5+/t8-/m0/s1. The molecule has 0 unspecified atom stereocenters. The van der Waals surface area contributed by atoms with Gasteiger partial charge in [0.1, 0.15) is 0 Å². The lowest BCUT2D eigenvalue weighted by Gasteiger charge is -2.15. The second kappa shape index (κ2) is 4.47. The van der Waals surface area contributed by atoms with Crippen molar-refractivity contribution < 1.29 is 5.11 Å². The first-order valence-electron chi connectivity index (χ1n) is 3.53. The lowest BCUT2D eigenvalue weighted by Crippen LogP contribution is -2.26. The van der Waals surface area contributed by atoms with E-state index in [-0.39, 0.29) is 6.10 Å². The van der Waals surface area contributed by atoms with E-state index in [2.05, 4.69) is 0 Å². The number of hydrogen-bond acceptors (Lipinski definition) is 2. The summed E-state index contributed by atoms with van der Waals surface area (Å²) in [5, 5.41) is 9.38. The zero-order valence-corrected chi connectivity index (χ0v) is 7.26. The summed E-state index contributed by atoms with van der Waals surface area (Å²) in [6.07, 6.45) is 1.63. The van der Waals surface area contributed by atoms with Crippen LogP contribution in [0.4, 0.5) is 0 Å². The van der Waals surface area contributed by atoms with Gasteiger partial charge in [0, 0.05) is 6.54 Å². The van der Waals surface area contributed by atoms with Gasteiger partial charge in [-0.15, -0.1) is 0 Å². The molecule has 0 fully saturated rings. The summed E-state index contributed by atoms with van der Waals surface area (Å²) in [5.41, 5.74) is 1.04. The summed E-state index contributed by atoms with van der Waals surface area (Å²) >= 11 is 0. The van der Waals surface area contributed by atoms with Gasteiger partial charge in [-0.2, -0.15) is 0 Å². The Morgan fingerprint density at radius 2 is 2.10 bits per heavy atom. The number of nitrogens with zero attached hydrogens (tertiary/aromatic N) is 1. The molecule has 0 aromatic heterocycles. The van der Waals surface area contributed by atoms with Crippen molar-refractivity contribution in [3.63, 3.8) is 0 Å². The number of rotatable bonds is 3. The Hall–Kier alpha value is -0.340. The van der Waals surface area contributed by atoms with Gasteiger partial charge in [0.15, 0.2) is 0 Å². The van der Waals surface area contributed by atoms with E-state index in [0.717, 1.165) is 5.57 Å². The minimum atomic E-state index is -0.306. The van der Waals surface area contributed by atoms with E-state index in [0.29, 0.717) is 6.54 Å². The average Bonchev–Trinajstić information content (AvgIpc) is 1.85. The molecule has 10 heavy (non-hydrogen) atoms. The fourth-order valence-corrected chi connectivity index (χ4v) is 0.682. The Labute approximate surface area is 63.2 Å². The predicted octanol–water partition coefficient (Wildman–Crippen LogP) is 0.875. The largest absolute Gasteiger partial charge is 0.387 e. The Kier molecular flexibility index (Phi) is 4.32. The topological polar surface area (TPSA) is 23.5 Å². The summed E-state index contributed by atoms with van der Waals surface area (Å²) in [7, 11) is 3.90. The van der Waals surface area contributed by atoms with E-state index in [9.17, 15) is 5.11 Å². The van der Waals surface area contributed by atoms with Gasteiger partial charge in [0.25, 0.3) is 0 Å². The smallest absolute Gasteiger partial charge is 0.0873 e. The highest BCUT2D eigenvalue weighted by molar-refractivity contribution is 5.03. The first-order chi connectivity index (χ1) is 4.57. The molecule has 0 amide bonds. The van der Waals surface area contributed by atoms with E-state index >= 15 is 0 Å². The van der Waals surface area contributed by atoms with Gasteiger partial charge in [0.05, 0.1) is 6.10 Å². The van der Waals surface area contributed by atoms with Crippen LogP contribution in [0.3, 0.4) is 0 Å². The number of likely N-dealkylation sites (N-methyl/N-ethyl adjacent to an activating group) is 1. The maximum absolute atomic E-state index is 9.38.